The van der Waals surface area contributed by atoms with Gasteiger partial charge in [-0.3, -0.25) is 4.79 Å². The van der Waals surface area contributed by atoms with E-state index >= 15 is 0 Å². The summed E-state index contributed by atoms with van der Waals surface area (Å²) >= 11 is 8.64. The summed E-state index contributed by atoms with van der Waals surface area (Å²) in [4.78, 5) is 22.1. The average Bonchev–Trinajstić information content (AvgIpc) is 3.53. The van der Waals surface area contributed by atoms with Crippen molar-refractivity contribution in [2.45, 2.75) is 30.0 Å². The largest absolute Gasteiger partial charge is 0.345 e. The molecule has 2 aliphatic rings. The molecule has 0 N–H and O–H groups in total. The standard InChI is InChI=1S/C21H23ClN4O3S3/c1-14-4-2-6-16-19(14)23-21(30-16)25-12-10-24(11-13-25)20(27)15-5-3-9-26(15)32(28,29)18-8-7-17(22)31-18/h2,4,6-8,15H,3,5,9-13H2,1H3. The number of hydrogen-bond acceptors (Lipinski definition) is 7. The van der Waals surface area contributed by atoms with Crippen LogP contribution in [0.15, 0.2) is 34.5 Å². The Bertz CT molecular complexity index is 1260. The summed E-state index contributed by atoms with van der Waals surface area (Å²) in [5.74, 6) is -0.103. The maximum absolute atomic E-state index is 13.3. The molecule has 5 rings (SSSR count). The Labute approximate surface area is 200 Å². The molecule has 0 radical (unpaired) electrons. The van der Waals surface area contributed by atoms with Gasteiger partial charge in [0.1, 0.15) is 10.3 Å². The molecule has 1 unspecified atom stereocenters. The van der Waals surface area contributed by atoms with Gasteiger partial charge in [-0.15, -0.1) is 11.3 Å². The number of fused-ring (bicyclic) bond motifs is 1. The summed E-state index contributed by atoms with van der Waals surface area (Å²) in [5.41, 5.74) is 2.19. The van der Waals surface area contributed by atoms with Crippen LogP contribution in [-0.4, -0.2) is 67.3 Å². The molecular weight excluding hydrogens is 488 g/mol. The van der Waals surface area contributed by atoms with Crippen molar-refractivity contribution in [3.8, 4) is 0 Å². The van der Waals surface area contributed by atoms with E-state index in [4.69, 9.17) is 16.6 Å². The second-order valence-electron chi connectivity index (χ2n) is 8.06. The van der Waals surface area contributed by atoms with Crippen LogP contribution in [0.3, 0.4) is 0 Å². The van der Waals surface area contributed by atoms with Gasteiger partial charge in [0.15, 0.2) is 5.13 Å². The van der Waals surface area contributed by atoms with Crippen LogP contribution in [0.4, 0.5) is 5.13 Å². The molecule has 2 fully saturated rings. The summed E-state index contributed by atoms with van der Waals surface area (Å²) in [6.45, 7) is 4.91. The molecule has 1 aromatic carbocycles. The zero-order valence-electron chi connectivity index (χ0n) is 17.5. The smallest absolute Gasteiger partial charge is 0.253 e. The molecule has 3 aromatic rings. The first-order valence-corrected chi connectivity index (χ1v) is 14.0. The number of hydrogen-bond donors (Lipinski definition) is 0. The molecule has 2 aromatic heterocycles. The van der Waals surface area contributed by atoms with E-state index in [1.54, 1.807) is 22.3 Å². The molecule has 0 spiro atoms. The molecule has 0 aliphatic carbocycles. The van der Waals surface area contributed by atoms with Crippen LogP contribution in [0.2, 0.25) is 4.34 Å². The van der Waals surface area contributed by atoms with Crippen molar-refractivity contribution >= 4 is 65.6 Å². The van der Waals surface area contributed by atoms with Crippen LogP contribution in [0.25, 0.3) is 10.2 Å². The van der Waals surface area contributed by atoms with E-state index in [9.17, 15) is 13.2 Å². The van der Waals surface area contributed by atoms with E-state index in [-0.39, 0.29) is 10.1 Å². The minimum Gasteiger partial charge on any atom is -0.345 e. The number of aromatic nitrogens is 1. The Morgan fingerprint density at radius 3 is 2.56 bits per heavy atom. The van der Waals surface area contributed by atoms with Gasteiger partial charge in [0.2, 0.25) is 5.91 Å². The first kappa shape index (κ1) is 22.1. The Balaban J connectivity index is 1.28. The van der Waals surface area contributed by atoms with Crippen LogP contribution < -0.4 is 4.90 Å². The SMILES string of the molecule is Cc1cccc2sc(N3CCN(C(=O)C4CCCN4S(=O)(=O)c4ccc(Cl)s4)CC3)nc12. The van der Waals surface area contributed by atoms with Crippen LogP contribution in [-0.2, 0) is 14.8 Å². The van der Waals surface area contributed by atoms with Gasteiger partial charge in [0.05, 0.1) is 14.6 Å². The number of piperazine rings is 1. The quantitative estimate of drug-likeness (QED) is 0.533. The fourth-order valence-electron chi connectivity index (χ4n) is 4.37. The van der Waals surface area contributed by atoms with Crippen LogP contribution in [0, 0.1) is 6.92 Å². The molecule has 2 saturated heterocycles. The van der Waals surface area contributed by atoms with E-state index in [1.165, 1.54) is 15.1 Å². The number of thiophene rings is 1. The molecule has 2 aliphatic heterocycles. The predicted molar refractivity (Wildman–Crippen MR) is 129 cm³/mol. The van der Waals surface area contributed by atoms with Gasteiger partial charge in [-0.05, 0) is 43.5 Å². The molecule has 0 saturated carbocycles. The second kappa shape index (κ2) is 8.57. The number of carbonyl (C=O) groups excluding carboxylic acids is 1. The third kappa shape index (κ3) is 3.92. The van der Waals surface area contributed by atoms with Gasteiger partial charge in [-0.1, -0.05) is 35.1 Å². The molecule has 11 heteroatoms. The minimum absolute atomic E-state index is 0.103. The van der Waals surface area contributed by atoms with Crippen molar-refractivity contribution in [3.05, 3.63) is 40.2 Å². The molecule has 32 heavy (non-hydrogen) atoms. The van der Waals surface area contributed by atoms with Crippen molar-refractivity contribution in [1.29, 1.82) is 0 Å². The predicted octanol–water partition coefficient (Wildman–Crippen LogP) is 3.82. The first-order valence-electron chi connectivity index (χ1n) is 10.5. The lowest BCUT2D eigenvalue weighted by atomic mass is 10.2. The number of rotatable bonds is 4. The van der Waals surface area contributed by atoms with Crippen LogP contribution in [0.5, 0.6) is 0 Å². The van der Waals surface area contributed by atoms with Gasteiger partial charge in [0.25, 0.3) is 10.0 Å². The van der Waals surface area contributed by atoms with Crippen LogP contribution >= 0.6 is 34.3 Å². The topological polar surface area (TPSA) is 73.8 Å². The van der Waals surface area contributed by atoms with Gasteiger partial charge in [0, 0.05) is 32.7 Å². The fraction of sp³-hybridized carbons (Fsp3) is 0.429. The maximum Gasteiger partial charge on any atom is 0.253 e. The molecule has 7 nitrogen and oxygen atoms in total. The number of benzene rings is 1. The van der Waals surface area contributed by atoms with Crippen molar-refractivity contribution in [2.24, 2.45) is 0 Å². The average molecular weight is 511 g/mol. The Kier molecular flexibility index (Phi) is 5.91. The molecular formula is C21H23ClN4O3S3. The van der Waals surface area contributed by atoms with Crippen molar-refractivity contribution in [3.63, 3.8) is 0 Å². The number of thiazole rings is 1. The number of nitrogens with zero attached hydrogens (tertiary/aromatic N) is 4. The van der Waals surface area contributed by atoms with Gasteiger partial charge >= 0.3 is 0 Å². The second-order valence-corrected chi connectivity index (χ2v) is 12.9. The summed E-state index contributed by atoms with van der Waals surface area (Å²) in [6.07, 6.45) is 1.23. The van der Waals surface area contributed by atoms with E-state index in [0.29, 0.717) is 49.9 Å². The highest BCUT2D eigenvalue weighted by atomic mass is 35.5. The fourth-order valence-corrected chi connectivity index (χ4v) is 8.72. The van der Waals surface area contributed by atoms with E-state index in [1.807, 2.05) is 6.07 Å². The van der Waals surface area contributed by atoms with Crippen molar-refractivity contribution in [1.82, 2.24) is 14.2 Å². The number of sulfonamides is 1. The Morgan fingerprint density at radius 1 is 1.09 bits per heavy atom. The number of anilines is 1. The molecule has 170 valence electrons. The van der Waals surface area contributed by atoms with Gasteiger partial charge in [-0.25, -0.2) is 13.4 Å². The van der Waals surface area contributed by atoms with E-state index < -0.39 is 16.1 Å². The molecule has 1 atom stereocenters. The summed E-state index contributed by atoms with van der Waals surface area (Å²) in [5, 5.41) is 0.973. The third-order valence-corrected chi connectivity index (χ3v) is 10.8. The molecule has 0 bridgehead atoms. The zero-order chi connectivity index (χ0) is 22.5. The monoisotopic (exact) mass is 510 g/mol. The van der Waals surface area contributed by atoms with Crippen LogP contribution in [0.1, 0.15) is 18.4 Å². The molecule has 4 heterocycles. The summed E-state index contributed by atoms with van der Waals surface area (Å²) < 4.78 is 29.3. The number of amides is 1. The lowest BCUT2D eigenvalue weighted by molar-refractivity contribution is -0.134. The van der Waals surface area contributed by atoms with E-state index in [2.05, 4.69) is 24.0 Å². The third-order valence-electron chi connectivity index (χ3n) is 6.07. The Morgan fingerprint density at radius 2 is 1.88 bits per heavy atom. The summed E-state index contributed by atoms with van der Waals surface area (Å²) in [7, 11) is -3.72. The highest BCUT2D eigenvalue weighted by Gasteiger charge is 2.42. The number of halogens is 1. The highest BCUT2D eigenvalue weighted by Crippen LogP contribution is 2.34. The number of carbonyl (C=O) groups is 1. The van der Waals surface area contributed by atoms with Gasteiger partial charge in [-0.2, -0.15) is 4.31 Å². The summed E-state index contributed by atoms with van der Waals surface area (Å²) in [6, 6.07) is 8.64. The lowest BCUT2D eigenvalue weighted by Gasteiger charge is -2.37. The first-order chi connectivity index (χ1) is 15.3. The normalized spacial score (nSPS) is 20.4. The van der Waals surface area contributed by atoms with Gasteiger partial charge < -0.3 is 9.80 Å². The van der Waals surface area contributed by atoms with Crippen molar-refractivity contribution in [2.75, 3.05) is 37.6 Å². The maximum atomic E-state index is 13.3. The highest BCUT2D eigenvalue weighted by molar-refractivity contribution is 7.91. The lowest BCUT2D eigenvalue weighted by Crippen LogP contribution is -2.54. The minimum atomic E-state index is -3.72. The zero-order valence-corrected chi connectivity index (χ0v) is 20.7. The van der Waals surface area contributed by atoms with Crippen molar-refractivity contribution < 1.29 is 13.2 Å². The number of para-hydroxylation sites is 1. The van der Waals surface area contributed by atoms with E-state index in [0.717, 1.165) is 27.5 Å². The molecule has 1 amide bonds. The number of aryl methyl sites for hydroxylation is 1. The Hall–Kier alpha value is -1.72.